The lowest BCUT2D eigenvalue weighted by Crippen LogP contribution is -2.60. The molecule has 174 valence electrons. The van der Waals surface area contributed by atoms with Crippen LogP contribution in [0, 0.1) is 0 Å². The molecule has 2 aromatic heterocycles. The van der Waals surface area contributed by atoms with Crippen molar-refractivity contribution in [1.82, 2.24) is 19.5 Å². The maximum Gasteiger partial charge on any atom is 0.434 e. The van der Waals surface area contributed by atoms with Crippen LogP contribution < -0.4 is 10.2 Å². The van der Waals surface area contributed by atoms with Gasteiger partial charge in [0.05, 0.1) is 18.7 Å². The molecule has 32 heavy (non-hydrogen) atoms. The molecule has 0 aromatic carbocycles. The molecule has 0 aliphatic carbocycles. The zero-order chi connectivity index (χ0) is 23.5. The highest BCUT2D eigenvalue weighted by molar-refractivity contribution is 5.97. The summed E-state index contributed by atoms with van der Waals surface area (Å²) in [5, 5.41) is 22.3. The third kappa shape index (κ3) is 3.44. The molecule has 2 aromatic rings. The van der Waals surface area contributed by atoms with Crippen molar-refractivity contribution in [3.63, 3.8) is 0 Å². The molecular formula is C17H16F6N6O3. The molecule has 0 saturated carbocycles. The molecule has 2 aliphatic heterocycles. The molecule has 0 bridgehead atoms. The number of hydrogen-bond acceptors (Lipinski definition) is 7. The van der Waals surface area contributed by atoms with Gasteiger partial charge in [-0.2, -0.15) is 26.3 Å². The smallest absolute Gasteiger partial charge is 0.380 e. The van der Waals surface area contributed by atoms with Gasteiger partial charge in [0.1, 0.15) is 11.5 Å². The van der Waals surface area contributed by atoms with E-state index in [-0.39, 0.29) is 31.7 Å². The summed E-state index contributed by atoms with van der Waals surface area (Å²) in [7, 11) is 0. The van der Waals surface area contributed by atoms with Gasteiger partial charge in [-0.15, -0.1) is 0 Å². The molecule has 9 nitrogen and oxygen atoms in total. The Hall–Kier alpha value is -2.94. The molecule has 4 rings (SSSR count). The number of hydrogen-bond donors (Lipinski definition) is 3. The van der Waals surface area contributed by atoms with Crippen molar-refractivity contribution >= 4 is 17.5 Å². The number of carbonyl (C=O) groups is 1. The van der Waals surface area contributed by atoms with Gasteiger partial charge in [0, 0.05) is 19.1 Å². The summed E-state index contributed by atoms with van der Waals surface area (Å²) in [5.41, 5.74) is -5.77. The van der Waals surface area contributed by atoms with Crippen LogP contribution in [-0.4, -0.2) is 61.0 Å². The van der Waals surface area contributed by atoms with Gasteiger partial charge in [0.25, 0.3) is 5.91 Å². The second-order valence-electron chi connectivity index (χ2n) is 7.48. The van der Waals surface area contributed by atoms with E-state index in [2.05, 4.69) is 15.0 Å². The standard InChI is InChI=1S/C17H16F6N6O3/c18-16(19,20)9-5-25-10(6-24-9)28-3-1-8(2-4-28)29-7-26-13-11(29)15(32,17(21,22)23)12(30)14(31)27-13/h5-8,12,30,32H,1-4H2,(H,27,31). The van der Waals surface area contributed by atoms with Crippen LogP contribution in [0.15, 0.2) is 18.7 Å². The minimum Gasteiger partial charge on any atom is -0.380 e. The van der Waals surface area contributed by atoms with Crippen molar-refractivity contribution in [3.05, 3.63) is 30.1 Å². The van der Waals surface area contributed by atoms with Crippen LogP contribution >= 0.6 is 0 Å². The fourth-order valence-corrected chi connectivity index (χ4v) is 3.90. The normalized spacial score (nSPS) is 24.9. The molecule has 0 radical (unpaired) electrons. The number of anilines is 2. The number of nitrogens with zero attached hydrogens (tertiary/aromatic N) is 5. The van der Waals surface area contributed by atoms with Crippen molar-refractivity contribution in [2.75, 3.05) is 23.3 Å². The van der Waals surface area contributed by atoms with E-state index in [0.717, 1.165) is 17.1 Å². The molecule has 2 aliphatic rings. The summed E-state index contributed by atoms with van der Waals surface area (Å²) >= 11 is 0. The van der Waals surface area contributed by atoms with Crippen LogP contribution in [0.25, 0.3) is 0 Å². The highest BCUT2D eigenvalue weighted by Crippen LogP contribution is 2.48. The van der Waals surface area contributed by atoms with Crippen molar-refractivity contribution in [2.24, 2.45) is 0 Å². The highest BCUT2D eigenvalue weighted by atomic mass is 19.4. The summed E-state index contributed by atoms with van der Waals surface area (Å²) in [6.07, 6.45) is -9.72. The molecule has 2 unspecified atom stereocenters. The number of rotatable bonds is 2. The second kappa shape index (κ2) is 7.30. The third-order valence-electron chi connectivity index (χ3n) is 5.58. The number of imidazole rings is 1. The number of halogens is 6. The number of aliphatic hydroxyl groups excluding tert-OH is 1. The lowest BCUT2D eigenvalue weighted by molar-refractivity contribution is -0.295. The number of fused-ring (bicyclic) bond motifs is 1. The first-order valence-corrected chi connectivity index (χ1v) is 9.33. The number of amides is 1. The fourth-order valence-electron chi connectivity index (χ4n) is 3.90. The average molecular weight is 466 g/mol. The first-order chi connectivity index (χ1) is 14.8. The average Bonchev–Trinajstić information content (AvgIpc) is 3.15. The number of piperidine rings is 1. The Balaban J connectivity index is 1.57. The molecule has 0 spiro atoms. The number of aliphatic hydroxyl groups is 2. The summed E-state index contributed by atoms with van der Waals surface area (Å²) in [6.45, 7) is 0.439. The van der Waals surface area contributed by atoms with Crippen molar-refractivity contribution in [1.29, 1.82) is 0 Å². The molecule has 1 saturated heterocycles. The van der Waals surface area contributed by atoms with Crippen LogP contribution in [0.1, 0.15) is 30.3 Å². The van der Waals surface area contributed by atoms with Gasteiger partial charge in [0.2, 0.25) is 5.60 Å². The van der Waals surface area contributed by atoms with E-state index in [0.29, 0.717) is 6.20 Å². The minimum absolute atomic E-state index is 0.179. The van der Waals surface area contributed by atoms with Gasteiger partial charge in [-0.3, -0.25) is 4.79 Å². The van der Waals surface area contributed by atoms with Gasteiger partial charge < -0.3 is 25.0 Å². The Morgan fingerprint density at radius 2 is 1.72 bits per heavy atom. The van der Waals surface area contributed by atoms with Gasteiger partial charge in [-0.25, -0.2) is 15.0 Å². The summed E-state index contributed by atoms with van der Waals surface area (Å²) in [6, 6.07) is -0.596. The van der Waals surface area contributed by atoms with Crippen LogP contribution in [0.5, 0.6) is 0 Å². The molecule has 1 fully saturated rings. The molecule has 15 heteroatoms. The predicted octanol–water partition coefficient (Wildman–Crippen LogP) is 1.60. The van der Waals surface area contributed by atoms with Crippen LogP contribution in [0.3, 0.4) is 0 Å². The Labute approximate surface area is 175 Å². The fraction of sp³-hybridized carbons (Fsp3) is 0.529. The summed E-state index contributed by atoms with van der Waals surface area (Å²) < 4.78 is 80.1. The molecule has 2 atom stereocenters. The first kappa shape index (κ1) is 22.3. The topological polar surface area (TPSA) is 116 Å². The third-order valence-corrected chi connectivity index (χ3v) is 5.58. The lowest BCUT2D eigenvalue weighted by atomic mass is 9.87. The van der Waals surface area contributed by atoms with E-state index in [1.807, 2.05) is 5.32 Å². The van der Waals surface area contributed by atoms with E-state index >= 15 is 0 Å². The Bertz CT molecular complexity index is 1020. The Morgan fingerprint density at radius 1 is 1.06 bits per heavy atom. The molecular weight excluding hydrogens is 450 g/mol. The maximum atomic E-state index is 13.7. The largest absolute Gasteiger partial charge is 0.434 e. The molecule has 1 amide bonds. The Kier molecular flexibility index (Phi) is 5.08. The molecule has 4 heterocycles. The highest BCUT2D eigenvalue weighted by Gasteiger charge is 2.66. The Morgan fingerprint density at radius 3 is 2.25 bits per heavy atom. The van der Waals surface area contributed by atoms with Gasteiger partial charge in [0.15, 0.2) is 17.6 Å². The summed E-state index contributed by atoms with van der Waals surface area (Å²) in [4.78, 5) is 24.2. The zero-order valence-electron chi connectivity index (χ0n) is 16.0. The number of alkyl halides is 6. The van der Waals surface area contributed by atoms with Gasteiger partial charge in [-0.05, 0) is 12.8 Å². The SMILES string of the molecule is O=C1Nc2ncn(C3CCN(c4cnc(C(F)(F)F)cn4)CC3)c2C(O)(C(F)(F)F)C1O. The quantitative estimate of drug-likeness (QED) is 0.576. The number of aromatic nitrogens is 4. The number of carbonyl (C=O) groups excluding carboxylic acids is 1. The van der Waals surface area contributed by atoms with Crippen LogP contribution in [-0.2, 0) is 16.6 Å². The van der Waals surface area contributed by atoms with Crippen LogP contribution in [0.4, 0.5) is 38.0 Å². The zero-order valence-corrected chi connectivity index (χ0v) is 16.0. The van der Waals surface area contributed by atoms with Crippen molar-refractivity contribution < 1.29 is 41.4 Å². The van der Waals surface area contributed by atoms with E-state index in [9.17, 15) is 41.4 Å². The lowest BCUT2D eigenvalue weighted by Gasteiger charge is -2.40. The van der Waals surface area contributed by atoms with E-state index in [4.69, 9.17) is 0 Å². The second-order valence-corrected chi connectivity index (χ2v) is 7.48. The van der Waals surface area contributed by atoms with E-state index in [1.54, 1.807) is 4.90 Å². The number of nitrogens with one attached hydrogen (secondary N) is 1. The first-order valence-electron chi connectivity index (χ1n) is 9.33. The minimum atomic E-state index is -5.37. The maximum absolute atomic E-state index is 13.7. The van der Waals surface area contributed by atoms with Gasteiger partial charge in [-0.1, -0.05) is 0 Å². The van der Waals surface area contributed by atoms with E-state index < -0.39 is 53.2 Å². The summed E-state index contributed by atoms with van der Waals surface area (Å²) in [5.74, 6) is -1.76. The monoisotopic (exact) mass is 466 g/mol. The van der Waals surface area contributed by atoms with Gasteiger partial charge >= 0.3 is 12.4 Å². The predicted molar refractivity (Wildman–Crippen MR) is 94.3 cm³/mol. The van der Waals surface area contributed by atoms with E-state index in [1.165, 1.54) is 0 Å². The molecule has 3 N–H and O–H groups in total. The van der Waals surface area contributed by atoms with Crippen LogP contribution in [0.2, 0.25) is 0 Å². The van der Waals surface area contributed by atoms with Crippen molar-refractivity contribution in [3.8, 4) is 0 Å². The van der Waals surface area contributed by atoms with Crippen molar-refractivity contribution in [2.45, 2.75) is 42.9 Å².